The Morgan fingerprint density at radius 1 is 1.22 bits per heavy atom. The Kier molecular flexibility index (Phi) is 6.87. The smallest absolute Gasteiger partial charge is 0.257 e. The van der Waals surface area contributed by atoms with E-state index < -0.39 is 23.2 Å². The highest BCUT2D eigenvalue weighted by atomic mass is 19.1. The molecular formula is C27H25BF2N6O5. The molecule has 0 aliphatic carbocycles. The summed E-state index contributed by atoms with van der Waals surface area (Å²) < 4.78 is 42.2. The Balaban J connectivity index is 1.33. The van der Waals surface area contributed by atoms with Crippen LogP contribution >= 0.6 is 0 Å². The van der Waals surface area contributed by atoms with Crippen LogP contribution in [0.2, 0.25) is 0 Å². The monoisotopic (exact) mass is 562 g/mol. The van der Waals surface area contributed by atoms with Crippen LogP contribution in [0.5, 0.6) is 5.75 Å². The molecule has 4 aromatic rings. The number of pyridine rings is 1. The molecule has 210 valence electrons. The molecule has 1 aromatic carbocycles. The van der Waals surface area contributed by atoms with Crippen LogP contribution in [0.15, 0.2) is 42.7 Å². The lowest BCUT2D eigenvalue weighted by molar-refractivity contribution is -0.105. The molecule has 6 rings (SSSR count). The average Bonchev–Trinajstić information content (AvgIpc) is 3.37. The van der Waals surface area contributed by atoms with Crippen molar-refractivity contribution >= 4 is 31.6 Å². The standard InChI is InChI=1S/C27H25BF2N6O5/c28-27(39,19-10-16(29)11-20(30)25(19)41-17-4-7-40-8-5-17)35-6-3-22-18(26(35)38)9-15(12-31-22)21-1-2-24-33-23(32-14-37)13-36(24)34-21/h1-2,9-14,17,39H,3-8,28H2,(H,32,37). The van der Waals surface area contributed by atoms with Crippen LogP contribution in [-0.2, 0) is 21.6 Å². The maximum Gasteiger partial charge on any atom is 0.257 e. The van der Waals surface area contributed by atoms with E-state index >= 15 is 4.39 Å². The van der Waals surface area contributed by atoms with Crippen molar-refractivity contribution in [1.82, 2.24) is 24.5 Å². The van der Waals surface area contributed by atoms with Crippen molar-refractivity contribution in [3.8, 4) is 17.0 Å². The van der Waals surface area contributed by atoms with Gasteiger partial charge in [0.2, 0.25) is 6.41 Å². The minimum atomic E-state index is -2.11. The molecule has 1 fully saturated rings. The van der Waals surface area contributed by atoms with E-state index in [9.17, 15) is 19.1 Å². The number of fused-ring (bicyclic) bond motifs is 2. The molecule has 3 aromatic heterocycles. The quantitative estimate of drug-likeness (QED) is 0.257. The van der Waals surface area contributed by atoms with Gasteiger partial charge in [-0.05, 0) is 24.3 Å². The SMILES string of the molecule is BC(O)(c1cc(F)cc(F)c1OC1CCOCC1)N1CCc2ncc(-c3ccc4nc(NC=O)cn4n3)cc2C1=O. The third kappa shape index (κ3) is 5.00. The number of halogens is 2. The van der Waals surface area contributed by atoms with E-state index in [0.29, 0.717) is 73.4 Å². The number of hydrogen-bond acceptors (Lipinski definition) is 8. The first-order valence-corrected chi connectivity index (χ1v) is 13.1. The number of aromatic nitrogens is 4. The van der Waals surface area contributed by atoms with E-state index in [1.807, 2.05) is 0 Å². The number of carbonyl (C=O) groups is 2. The molecule has 0 radical (unpaired) electrons. The summed E-state index contributed by atoms with van der Waals surface area (Å²) in [5.74, 6) is -2.40. The number of benzene rings is 1. The van der Waals surface area contributed by atoms with Crippen molar-refractivity contribution < 1.29 is 33.0 Å². The lowest BCUT2D eigenvalue weighted by Crippen LogP contribution is -2.53. The number of carbonyl (C=O) groups excluding carboxylic acids is 2. The molecule has 14 heteroatoms. The molecule has 2 amide bonds. The summed E-state index contributed by atoms with van der Waals surface area (Å²) in [6.45, 7) is 0.941. The van der Waals surface area contributed by atoms with Gasteiger partial charge in [0.05, 0.1) is 36.4 Å². The van der Waals surface area contributed by atoms with Gasteiger partial charge < -0.3 is 24.8 Å². The van der Waals surface area contributed by atoms with E-state index in [4.69, 9.17) is 9.47 Å². The van der Waals surface area contributed by atoms with Crippen LogP contribution < -0.4 is 10.1 Å². The third-order valence-corrected chi connectivity index (χ3v) is 7.34. The van der Waals surface area contributed by atoms with Crippen molar-refractivity contribution in [3.63, 3.8) is 0 Å². The Bertz CT molecular complexity index is 1660. The molecule has 0 bridgehead atoms. The molecule has 1 atom stereocenters. The fourth-order valence-corrected chi connectivity index (χ4v) is 5.20. The van der Waals surface area contributed by atoms with Gasteiger partial charge in [-0.1, -0.05) is 0 Å². The summed E-state index contributed by atoms with van der Waals surface area (Å²) in [5, 5.41) is 18.7. The largest absolute Gasteiger partial charge is 0.487 e. The normalized spacial score (nSPS) is 17.2. The topological polar surface area (TPSA) is 131 Å². The van der Waals surface area contributed by atoms with Crippen molar-refractivity contribution in [1.29, 1.82) is 0 Å². The van der Waals surface area contributed by atoms with E-state index in [1.165, 1.54) is 12.4 Å². The summed E-state index contributed by atoms with van der Waals surface area (Å²) >= 11 is 0. The highest BCUT2D eigenvalue weighted by Gasteiger charge is 2.42. The van der Waals surface area contributed by atoms with Crippen LogP contribution in [0, 0.1) is 11.6 Å². The molecule has 0 saturated carbocycles. The van der Waals surface area contributed by atoms with E-state index in [0.717, 1.165) is 11.0 Å². The second kappa shape index (κ2) is 10.5. The zero-order valence-electron chi connectivity index (χ0n) is 22.0. The van der Waals surface area contributed by atoms with Crippen LogP contribution in [0.25, 0.3) is 16.9 Å². The fourth-order valence-electron chi connectivity index (χ4n) is 5.20. The summed E-state index contributed by atoms with van der Waals surface area (Å²) in [5.41, 5.74) is -0.0229. The minimum Gasteiger partial charge on any atom is -0.487 e. The zero-order chi connectivity index (χ0) is 28.7. The lowest BCUT2D eigenvalue weighted by atomic mass is 9.80. The number of hydrogen-bond donors (Lipinski definition) is 2. The number of rotatable bonds is 7. The summed E-state index contributed by atoms with van der Waals surface area (Å²) in [6.07, 6.45) is 4.60. The fraction of sp³-hybridized carbons (Fsp3) is 0.296. The van der Waals surface area contributed by atoms with Gasteiger partial charge in [-0.15, -0.1) is 0 Å². The second-order valence-corrected chi connectivity index (χ2v) is 10.0. The molecule has 2 aliphatic rings. The predicted molar refractivity (Wildman–Crippen MR) is 144 cm³/mol. The Morgan fingerprint density at radius 3 is 2.80 bits per heavy atom. The lowest BCUT2D eigenvalue weighted by Gasteiger charge is -2.41. The maximum atomic E-state index is 15.0. The van der Waals surface area contributed by atoms with Gasteiger partial charge in [-0.25, -0.2) is 18.3 Å². The highest BCUT2D eigenvalue weighted by molar-refractivity contribution is 6.17. The van der Waals surface area contributed by atoms with Crippen LogP contribution in [-0.4, -0.2) is 75.6 Å². The summed E-state index contributed by atoms with van der Waals surface area (Å²) in [6, 6.07) is 6.71. The third-order valence-electron chi connectivity index (χ3n) is 7.34. The Morgan fingerprint density at radius 2 is 2.02 bits per heavy atom. The van der Waals surface area contributed by atoms with Crippen LogP contribution in [0.4, 0.5) is 14.6 Å². The number of amides is 2. The van der Waals surface area contributed by atoms with Crippen molar-refractivity contribution in [2.24, 2.45) is 0 Å². The molecular weight excluding hydrogens is 537 g/mol. The van der Waals surface area contributed by atoms with Gasteiger partial charge >= 0.3 is 0 Å². The Labute approximate surface area is 233 Å². The van der Waals surface area contributed by atoms with Crippen molar-refractivity contribution in [2.45, 2.75) is 31.0 Å². The molecule has 2 aliphatic heterocycles. The van der Waals surface area contributed by atoms with Crippen molar-refractivity contribution in [3.05, 3.63) is 71.2 Å². The highest BCUT2D eigenvalue weighted by Crippen LogP contribution is 2.38. The summed E-state index contributed by atoms with van der Waals surface area (Å²) in [4.78, 5) is 34.4. The van der Waals surface area contributed by atoms with Gasteiger partial charge in [0.15, 0.2) is 30.9 Å². The van der Waals surface area contributed by atoms with E-state index in [2.05, 4.69) is 20.4 Å². The first-order chi connectivity index (χ1) is 19.7. The number of aliphatic hydroxyl groups is 1. The molecule has 11 nitrogen and oxygen atoms in total. The van der Waals surface area contributed by atoms with Crippen molar-refractivity contribution in [2.75, 3.05) is 25.1 Å². The molecule has 1 unspecified atom stereocenters. The zero-order valence-corrected chi connectivity index (χ0v) is 22.0. The first kappa shape index (κ1) is 26.8. The van der Waals surface area contributed by atoms with E-state index in [-0.39, 0.29) is 29.5 Å². The molecule has 2 N–H and O–H groups in total. The number of anilines is 1. The Hall–Kier alpha value is -4.43. The van der Waals surface area contributed by atoms with Gasteiger partial charge in [-0.2, -0.15) is 5.10 Å². The molecule has 5 heterocycles. The maximum absolute atomic E-state index is 15.0. The number of nitrogens with zero attached hydrogens (tertiary/aromatic N) is 5. The van der Waals surface area contributed by atoms with Gasteiger partial charge in [0.1, 0.15) is 17.5 Å². The predicted octanol–water partition coefficient (Wildman–Crippen LogP) is 1.63. The molecule has 1 saturated heterocycles. The van der Waals surface area contributed by atoms with Gasteiger partial charge in [-0.3, -0.25) is 14.6 Å². The first-order valence-electron chi connectivity index (χ1n) is 13.1. The van der Waals surface area contributed by atoms with Crippen LogP contribution in [0.1, 0.15) is 34.5 Å². The summed E-state index contributed by atoms with van der Waals surface area (Å²) in [7, 11) is 1.32. The molecule has 0 spiro atoms. The van der Waals surface area contributed by atoms with E-state index in [1.54, 1.807) is 30.6 Å². The minimum absolute atomic E-state index is 0.0613. The number of ether oxygens (including phenoxy) is 2. The van der Waals surface area contributed by atoms with Gasteiger partial charge in [0.25, 0.3) is 5.91 Å². The number of nitrogens with one attached hydrogen (secondary N) is 1. The van der Waals surface area contributed by atoms with Crippen LogP contribution in [0.3, 0.4) is 0 Å². The second-order valence-electron chi connectivity index (χ2n) is 10.0. The number of imidazole rings is 1. The van der Waals surface area contributed by atoms with Gasteiger partial charge in [0, 0.05) is 49.2 Å². The molecule has 41 heavy (non-hydrogen) atoms. The average molecular weight is 562 g/mol.